The number of nitrogens with zero attached hydrogens (tertiary/aromatic N) is 1. The minimum Gasteiger partial charge on any atom is -0.390 e. The maximum atomic E-state index is 13.6. The number of benzene rings is 1. The first kappa shape index (κ1) is 14.7. The summed E-state index contributed by atoms with van der Waals surface area (Å²) in [5.41, 5.74) is -1.50. The molecule has 2 aromatic rings. The SMILES string of the molecule is OCc1ncc(-c2c(F)c(F)c(F)c(F)c2F)cc1Cl. The molecule has 0 aliphatic rings. The molecule has 0 aliphatic heterocycles. The van der Waals surface area contributed by atoms with E-state index in [2.05, 4.69) is 4.98 Å². The molecular formula is C12H5ClF5NO. The first-order chi connectivity index (χ1) is 9.38. The number of aromatic nitrogens is 1. The molecule has 0 aliphatic carbocycles. The summed E-state index contributed by atoms with van der Waals surface area (Å²) in [6.07, 6.45) is 0.857. The zero-order valence-corrected chi connectivity index (χ0v) is 10.3. The lowest BCUT2D eigenvalue weighted by molar-refractivity contribution is 0.277. The summed E-state index contributed by atoms with van der Waals surface area (Å²) in [5, 5.41) is 8.69. The van der Waals surface area contributed by atoms with Crippen LogP contribution in [0, 0.1) is 29.1 Å². The molecule has 0 saturated carbocycles. The molecule has 20 heavy (non-hydrogen) atoms. The van der Waals surface area contributed by atoms with Gasteiger partial charge in [-0.2, -0.15) is 0 Å². The van der Waals surface area contributed by atoms with Crippen LogP contribution in [0.25, 0.3) is 11.1 Å². The molecule has 8 heteroatoms. The average Bonchev–Trinajstić information content (AvgIpc) is 2.43. The van der Waals surface area contributed by atoms with E-state index in [4.69, 9.17) is 16.7 Å². The van der Waals surface area contributed by atoms with E-state index >= 15 is 0 Å². The topological polar surface area (TPSA) is 33.1 Å². The maximum Gasteiger partial charge on any atom is 0.200 e. The first-order valence-electron chi connectivity index (χ1n) is 5.15. The fourth-order valence-electron chi connectivity index (χ4n) is 1.58. The molecule has 106 valence electrons. The van der Waals surface area contributed by atoms with Gasteiger partial charge >= 0.3 is 0 Å². The number of pyridine rings is 1. The second kappa shape index (κ2) is 5.34. The Labute approximate surface area is 114 Å². The second-order valence-electron chi connectivity index (χ2n) is 3.76. The first-order valence-corrected chi connectivity index (χ1v) is 5.53. The lowest BCUT2D eigenvalue weighted by atomic mass is 10.0. The number of rotatable bonds is 2. The van der Waals surface area contributed by atoms with Crippen molar-refractivity contribution in [2.24, 2.45) is 0 Å². The zero-order valence-electron chi connectivity index (χ0n) is 9.52. The Morgan fingerprint density at radius 3 is 1.90 bits per heavy atom. The molecule has 1 aromatic heterocycles. The summed E-state index contributed by atoms with van der Waals surface area (Å²) in [6, 6.07) is 0.957. The Kier molecular flexibility index (Phi) is 3.92. The molecule has 0 bridgehead atoms. The zero-order chi connectivity index (χ0) is 15.0. The summed E-state index contributed by atoms with van der Waals surface area (Å²) < 4.78 is 66.2. The predicted molar refractivity (Wildman–Crippen MR) is 60.4 cm³/mol. The highest BCUT2D eigenvalue weighted by molar-refractivity contribution is 6.31. The standard InChI is InChI=1S/C12H5ClF5NO/c13-5-1-4(2-19-6(5)3-20)7-8(14)10(16)12(18)11(17)9(7)15/h1-2,20H,3H2. The van der Waals surface area contributed by atoms with Gasteiger partial charge in [0.05, 0.1) is 22.9 Å². The average molecular weight is 310 g/mol. The molecule has 0 radical (unpaired) electrons. The number of hydrogen-bond donors (Lipinski definition) is 1. The predicted octanol–water partition coefficient (Wildman–Crippen LogP) is 3.59. The van der Waals surface area contributed by atoms with Gasteiger partial charge in [-0.05, 0) is 6.07 Å². The van der Waals surface area contributed by atoms with Crippen molar-refractivity contribution < 1.29 is 27.1 Å². The number of aliphatic hydroxyl groups is 1. The third-order valence-electron chi connectivity index (χ3n) is 2.57. The Hall–Kier alpha value is -1.73. The van der Waals surface area contributed by atoms with Crippen LogP contribution in [0.5, 0.6) is 0 Å². The van der Waals surface area contributed by atoms with Crippen LogP contribution in [-0.4, -0.2) is 10.1 Å². The van der Waals surface area contributed by atoms with E-state index in [1.165, 1.54) is 0 Å². The van der Waals surface area contributed by atoms with Gasteiger partial charge in [-0.1, -0.05) is 11.6 Å². The van der Waals surface area contributed by atoms with Gasteiger partial charge in [0, 0.05) is 11.8 Å². The van der Waals surface area contributed by atoms with Crippen LogP contribution in [0.1, 0.15) is 5.69 Å². The monoisotopic (exact) mass is 309 g/mol. The van der Waals surface area contributed by atoms with Crippen LogP contribution in [0.3, 0.4) is 0 Å². The van der Waals surface area contributed by atoms with Crippen molar-refractivity contribution >= 4 is 11.6 Å². The second-order valence-corrected chi connectivity index (χ2v) is 4.16. The Morgan fingerprint density at radius 2 is 1.45 bits per heavy atom. The largest absolute Gasteiger partial charge is 0.390 e. The van der Waals surface area contributed by atoms with Crippen LogP contribution in [0.2, 0.25) is 5.02 Å². The lowest BCUT2D eigenvalue weighted by Crippen LogP contribution is -2.04. The van der Waals surface area contributed by atoms with Crippen LogP contribution >= 0.6 is 11.6 Å². The molecule has 0 spiro atoms. The van der Waals surface area contributed by atoms with Crippen molar-refractivity contribution in [3.63, 3.8) is 0 Å². The molecule has 2 rings (SSSR count). The van der Waals surface area contributed by atoms with Gasteiger partial charge in [0.15, 0.2) is 23.3 Å². The van der Waals surface area contributed by atoms with Crippen molar-refractivity contribution in [2.45, 2.75) is 6.61 Å². The van der Waals surface area contributed by atoms with Crippen LogP contribution in [0.4, 0.5) is 22.0 Å². The third-order valence-corrected chi connectivity index (χ3v) is 2.89. The van der Waals surface area contributed by atoms with E-state index in [-0.39, 0.29) is 16.3 Å². The van der Waals surface area contributed by atoms with E-state index in [1.54, 1.807) is 0 Å². The van der Waals surface area contributed by atoms with E-state index in [9.17, 15) is 22.0 Å². The molecule has 0 saturated heterocycles. The highest BCUT2D eigenvalue weighted by atomic mass is 35.5. The summed E-state index contributed by atoms with van der Waals surface area (Å²) >= 11 is 5.67. The maximum absolute atomic E-state index is 13.6. The molecule has 0 fully saturated rings. The Balaban J connectivity index is 2.73. The van der Waals surface area contributed by atoms with Crippen molar-refractivity contribution in [3.05, 3.63) is 52.1 Å². The fourth-order valence-corrected chi connectivity index (χ4v) is 1.80. The van der Waals surface area contributed by atoms with E-state index in [0.29, 0.717) is 0 Å². The van der Waals surface area contributed by atoms with E-state index in [0.717, 1.165) is 12.3 Å². The fraction of sp³-hybridized carbons (Fsp3) is 0.0833. The number of aliphatic hydroxyl groups excluding tert-OH is 1. The normalized spacial score (nSPS) is 10.9. The van der Waals surface area contributed by atoms with Crippen molar-refractivity contribution in [1.82, 2.24) is 4.98 Å². The molecule has 1 N–H and O–H groups in total. The van der Waals surface area contributed by atoms with Gasteiger partial charge in [-0.25, -0.2) is 22.0 Å². The Morgan fingerprint density at radius 1 is 0.950 bits per heavy atom. The molecule has 1 aromatic carbocycles. The van der Waals surface area contributed by atoms with Crippen LogP contribution < -0.4 is 0 Å². The minimum atomic E-state index is -2.24. The third kappa shape index (κ3) is 2.23. The number of hydrogen-bond acceptors (Lipinski definition) is 2. The lowest BCUT2D eigenvalue weighted by Gasteiger charge is -2.09. The van der Waals surface area contributed by atoms with Crippen LogP contribution in [0.15, 0.2) is 12.3 Å². The van der Waals surface area contributed by atoms with Crippen molar-refractivity contribution in [1.29, 1.82) is 0 Å². The van der Waals surface area contributed by atoms with E-state index in [1.807, 2.05) is 0 Å². The van der Waals surface area contributed by atoms with Gasteiger partial charge < -0.3 is 5.11 Å². The van der Waals surface area contributed by atoms with Crippen molar-refractivity contribution in [3.8, 4) is 11.1 Å². The number of halogens is 6. The summed E-state index contributed by atoms with van der Waals surface area (Å²) in [7, 11) is 0. The minimum absolute atomic E-state index is 0.0132. The van der Waals surface area contributed by atoms with Gasteiger partial charge in [0.2, 0.25) is 5.82 Å². The molecular weight excluding hydrogens is 305 g/mol. The van der Waals surface area contributed by atoms with Gasteiger partial charge in [-0.3, -0.25) is 4.98 Å². The molecule has 0 amide bonds. The highest BCUT2D eigenvalue weighted by Gasteiger charge is 2.27. The highest BCUT2D eigenvalue weighted by Crippen LogP contribution is 2.32. The van der Waals surface area contributed by atoms with Crippen molar-refractivity contribution in [2.75, 3.05) is 0 Å². The van der Waals surface area contributed by atoms with Gasteiger partial charge in [0.1, 0.15) is 0 Å². The summed E-state index contributed by atoms with van der Waals surface area (Å²) in [4.78, 5) is 3.58. The summed E-state index contributed by atoms with van der Waals surface area (Å²) in [6.45, 7) is -0.532. The molecule has 0 unspecified atom stereocenters. The summed E-state index contributed by atoms with van der Waals surface area (Å²) in [5.74, 6) is -10.3. The molecule has 2 nitrogen and oxygen atoms in total. The molecule has 0 atom stereocenters. The van der Waals surface area contributed by atoms with E-state index < -0.39 is 41.3 Å². The Bertz CT molecular complexity index is 663. The van der Waals surface area contributed by atoms with Gasteiger partial charge in [0.25, 0.3) is 0 Å². The van der Waals surface area contributed by atoms with Gasteiger partial charge in [-0.15, -0.1) is 0 Å². The molecule has 1 heterocycles. The van der Waals surface area contributed by atoms with Crippen LogP contribution in [-0.2, 0) is 6.61 Å². The smallest absolute Gasteiger partial charge is 0.200 e. The quantitative estimate of drug-likeness (QED) is 0.522.